The van der Waals surface area contributed by atoms with Gasteiger partial charge in [0.15, 0.2) is 0 Å². The van der Waals surface area contributed by atoms with E-state index in [1.54, 1.807) is 13.3 Å². The summed E-state index contributed by atoms with van der Waals surface area (Å²) >= 11 is 5.82. The summed E-state index contributed by atoms with van der Waals surface area (Å²) in [5.41, 5.74) is 0.950. The van der Waals surface area contributed by atoms with Gasteiger partial charge < -0.3 is 19.7 Å². The number of nitrogens with one attached hydrogen (secondary N) is 1. The summed E-state index contributed by atoms with van der Waals surface area (Å²) < 4.78 is 48.5. The SMILES string of the molecule is [2H]C([2H])([2H])n1nc(NC2C3CCC2CN(c2cnnc(OC)c2)C3)nc1Oc1ccc(F)c(Cl)c1. The normalized spacial score (nSPS) is 23.9. The molecule has 2 unspecified atom stereocenters. The predicted molar refractivity (Wildman–Crippen MR) is 117 cm³/mol. The Kier molecular flexibility index (Phi) is 4.58. The summed E-state index contributed by atoms with van der Waals surface area (Å²) in [5.74, 6) is 0.759. The van der Waals surface area contributed by atoms with E-state index in [9.17, 15) is 4.39 Å². The Balaban J connectivity index is 1.34. The van der Waals surface area contributed by atoms with Gasteiger partial charge in [-0.2, -0.15) is 10.1 Å². The molecule has 168 valence electrons. The van der Waals surface area contributed by atoms with Crippen molar-refractivity contribution in [1.29, 1.82) is 0 Å². The molecule has 9 nitrogen and oxygen atoms in total. The second-order valence-corrected chi connectivity index (χ2v) is 8.34. The van der Waals surface area contributed by atoms with E-state index in [0.717, 1.165) is 42.4 Å². The standard InChI is InChI=1S/C21H23ClFN7O2/c1-29-21(32-15-5-6-17(23)16(22)8-15)26-20(28-29)25-19-12-3-4-13(19)11-30(10-12)14-7-18(31-2)27-24-9-14/h5-9,12-13,19H,3-4,10-11H2,1-2H3,(H,25,28)/i1D3. The number of benzene rings is 1. The third-order valence-corrected chi connectivity index (χ3v) is 6.29. The molecule has 2 aliphatic rings. The van der Waals surface area contributed by atoms with Crippen molar-refractivity contribution in [3.05, 3.63) is 41.3 Å². The Morgan fingerprint density at radius 1 is 1.25 bits per heavy atom. The van der Waals surface area contributed by atoms with Crippen LogP contribution in [0.5, 0.6) is 17.6 Å². The summed E-state index contributed by atoms with van der Waals surface area (Å²) in [7, 11) is 1.56. The maximum Gasteiger partial charge on any atom is 0.321 e. The molecule has 3 aromatic rings. The first kappa shape index (κ1) is 17.4. The van der Waals surface area contributed by atoms with Crippen LogP contribution in [0.4, 0.5) is 16.0 Å². The molecular weight excluding hydrogens is 437 g/mol. The van der Waals surface area contributed by atoms with Gasteiger partial charge in [0, 0.05) is 42.4 Å². The van der Waals surface area contributed by atoms with E-state index in [0.29, 0.717) is 17.7 Å². The van der Waals surface area contributed by atoms with Gasteiger partial charge in [-0.15, -0.1) is 10.2 Å². The van der Waals surface area contributed by atoms with Crippen LogP contribution >= 0.6 is 11.6 Å². The van der Waals surface area contributed by atoms with Crippen molar-refractivity contribution >= 4 is 23.2 Å². The molecule has 2 atom stereocenters. The number of piperidine rings is 1. The van der Waals surface area contributed by atoms with Crippen molar-refractivity contribution in [2.24, 2.45) is 18.8 Å². The maximum atomic E-state index is 13.5. The first-order chi connectivity index (χ1) is 16.7. The summed E-state index contributed by atoms with van der Waals surface area (Å²) in [6.07, 6.45) is 3.76. The number of nitrogens with zero attached hydrogens (tertiary/aromatic N) is 6. The van der Waals surface area contributed by atoms with Crippen molar-refractivity contribution in [2.75, 3.05) is 30.4 Å². The molecule has 2 bridgehead atoms. The first-order valence-corrected chi connectivity index (χ1v) is 10.6. The van der Waals surface area contributed by atoms with Crippen molar-refractivity contribution in [1.82, 2.24) is 25.0 Å². The molecule has 2 aromatic heterocycles. The number of aryl methyl sites for hydroxylation is 1. The lowest BCUT2D eigenvalue weighted by atomic mass is 9.92. The van der Waals surface area contributed by atoms with Crippen molar-refractivity contribution in [3.8, 4) is 17.6 Å². The average molecular weight is 463 g/mol. The van der Waals surface area contributed by atoms with E-state index in [1.165, 1.54) is 12.1 Å². The Hall–Kier alpha value is -3.14. The highest BCUT2D eigenvalue weighted by Crippen LogP contribution is 2.40. The fourth-order valence-corrected chi connectivity index (χ4v) is 4.67. The number of methoxy groups -OCH3 is 1. The fourth-order valence-electron chi connectivity index (χ4n) is 4.50. The van der Waals surface area contributed by atoms with Gasteiger partial charge in [-0.05, 0) is 36.8 Å². The predicted octanol–water partition coefficient (Wildman–Crippen LogP) is 3.53. The fraction of sp³-hybridized carbons (Fsp3) is 0.429. The second kappa shape index (κ2) is 8.42. The first-order valence-electron chi connectivity index (χ1n) is 11.7. The highest BCUT2D eigenvalue weighted by atomic mass is 35.5. The topological polar surface area (TPSA) is 90.2 Å². The lowest BCUT2D eigenvalue weighted by Crippen LogP contribution is -2.48. The lowest BCUT2D eigenvalue weighted by molar-refractivity contribution is 0.373. The largest absolute Gasteiger partial charge is 0.480 e. The molecule has 1 saturated carbocycles. The molecule has 1 N–H and O–H groups in total. The summed E-state index contributed by atoms with van der Waals surface area (Å²) in [6.45, 7) is -1.04. The molecule has 2 fully saturated rings. The summed E-state index contributed by atoms with van der Waals surface area (Å²) in [6, 6.07) is 5.42. The summed E-state index contributed by atoms with van der Waals surface area (Å²) in [4.78, 5) is 6.55. The van der Waals surface area contributed by atoms with Gasteiger partial charge in [-0.25, -0.2) is 9.07 Å². The van der Waals surface area contributed by atoms with E-state index in [1.807, 2.05) is 6.07 Å². The molecule has 3 heterocycles. The van der Waals surface area contributed by atoms with Gasteiger partial charge in [0.25, 0.3) is 0 Å². The zero-order valence-corrected chi connectivity index (χ0v) is 18.0. The van der Waals surface area contributed by atoms with Gasteiger partial charge in [0.05, 0.1) is 24.0 Å². The molecule has 5 rings (SSSR count). The van der Waals surface area contributed by atoms with Crippen LogP contribution in [0.25, 0.3) is 0 Å². The number of hydrogen-bond acceptors (Lipinski definition) is 8. The highest BCUT2D eigenvalue weighted by molar-refractivity contribution is 6.30. The van der Waals surface area contributed by atoms with E-state index < -0.39 is 12.8 Å². The van der Waals surface area contributed by atoms with Crippen molar-refractivity contribution < 1.29 is 18.0 Å². The number of hydrogen-bond donors (Lipinski definition) is 1. The molecule has 1 aliphatic carbocycles. The Morgan fingerprint density at radius 3 is 2.78 bits per heavy atom. The Morgan fingerprint density at radius 2 is 2.06 bits per heavy atom. The lowest BCUT2D eigenvalue weighted by Gasteiger charge is -2.39. The maximum absolute atomic E-state index is 13.5. The number of aromatic nitrogens is 5. The number of fused-ring (bicyclic) bond motifs is 2. The molecule has 0 radical (unpaired) electrons. The highest BCUT2D eigenvalue weighted by Gasteiger charge is 2.42. The van der Waals surface area contributed by atoms with E-state index in [4.69, 9.17) is 25.2 Å². The van der Waals surface area contributed by atoms with Crippen molar-refractivity contribution in [2.45, 2.75) is 18.9 Å². The molecule has 0 amide bonds. The molecule has 0 spiro atoms. The Labute approximate surface area is 193 Å². The van der Waals surface area contributed by atoms with Crippen LogP contribution in [0, 0.1) is 17.7 Å². The third kappa shape index (κ3) is 4.02. The number of ether oxygens (including phenoxy) is 2. The van der Waals surface area contributed by atoms with Crippen LogP contribution in [0.1, 0.15) is 17.0 Å². The van der Waals surface area contributed by atoms with E-state index >= 15 is 0 Å². The van der Waals surface area contributed by atoms with Crippen LogP contribution in [0.3, 0.4) is 0 Å². The van der Waals surface area contributed by atoms with Gasteiger partial charge >= 0.3 is 6.01 Å². The molecule has 11 heteroatoms. The van der Waals surface area contributed by atoms with E-state index in [-0.39, 0.29) is 28.8 Å². The van der Waals surface area contributed by atoms with Crippen LogP contribution in [-0.2, 0) is 6.98 Å². The second-order valence-electron chi connectivity index (χ2n) is 7.94. The van der Waals surface area contributed by atoms with E-state index in [2.05, 4.69) is 30.5 Å². The smallest absolute Gasteiger partial charge is 0.321 e. The number of anilines is 2. The zero-order valence-electron chi connectivity index (χ0n) is 20.2. The average Bonchev–Trinajstić information content (AvgIpc) is 3.32. The third-order valence-electron chi connectivity index (χ3n) is 6.00. The number of rotatable bonds is 6. The van der Waals surface area contributed by atoms with Gasteiger partial charge in [0.2, 0.25) is 11.8 Å². The Bertz CT molecular complexity index is 1210. The van der Waals surface area contributed by atoms with Gasteiger partial charge in [-0.1, -0.05) is 11.6 Å². The monoisotopic (exact) mass is 462 g/mol. The zero-order chi connectivity index (χ0) is 24.7. The molecule has 1 saturated heterocycles. The minimum absolute atomic E-state index is 0.0727. The van der Waals surface area contributed by atoms with Gasteiger partial charge in [-0.3, -0.25) is 0 Å². The minimum atomic E-state index is -2.62. The summed E-state index contributed by atoms with van der Waals surface area (Å²) in [5, 5.41) is 15.3. The number of halogens is 2. The molecule has 1 aromatic carbocycles. The van der Waals surface area contributed by atoms with Crippen LogP contribution in [-0.4, -0.2) is 51.2 Å². The van der Waals surface area contributed by atoms with Crippen LogP contribution < -0.4 is 19.7 Å². The minimum Gasteiger partial charge on any atom is -0.480 e. The molecule has 32 heavy (non-hydrogen) atoms. The molecular formula is C21H23ClFN7O2. The molecule has 1 aliphatic heterocycles. The van der Waals surface area contributed by atoms with Crippen LogP contribution in [0.15, 0.2) is 30.5 Å². The van der Waals surface area contributed by atoms with Crippen LogP contribution in [0.2, 0.25) is 5.02 Å². The van der Waals surface area contributed by atoms with Gasteiger partial charge in [0.1, 0.15) is 11.6 Å². The quantitative estimate of drug-likeness (QED) is 0.595. The van der Waals surface area contributed by atoms with Crippen molar-refractivity contribution in [3.63, 3.8) is 0 Å².